The summed E-state index contributed by atoms with van der Waals surface area (Å²) in [4.78, 5) is 4.34. The Hall–Kier alpha value is -2.08. The molecule has 1 aliphatic rings. The first-order valence-electron chi connectivity index (χ1n) is 6.29. The third kappa shape index (κ3) is 2.53. The third-order valence-corrected chi connectivity index (χ3v) is 2.86. The molecule has 6 nitrogen and oxygen atoms in total. The van der Waals surface area contributed by atoms with Crippen molar-refractivity contribution in [3.05, 3.63) is 24.1 Å². The quantitative estimate of drug-likeness (QED) is 0.895. The molecule has 0 atom stereocenters. The van der Waals surface area contributed by atoms with Crippen molar-refractivity contribution in [1.82, 2.24) is 10.1 Å². The summed E-state index contributed by atoms with van der Waals surface area (Å²) in [6.45, 7) is 1.75. The molecule has 19 heavy (non-hydrogen) atoms. The molecule has 3 rings (SSSR count). The molecule has 6 heteroatoms. The Kier molecular flexibility index (Phi) is 3.33. The van der Waals surface area contributed by atoms with E-state index in [-0.39, 0.29) is 0 Å². The molecule has 0 aliphatic carbocycles. The molecule has 0 saturated heterocycles. The first-order chi connectivity index (χ1) is 9.36. The summed E-state index contributed by atoms with van der Waals surface area (Å²) < 4.78 is 16.2. The van der Waals surface area contributed by atoms with E-state index in [1.54, 1.807) is 0 Å². The maximum atomic E-state index is 5.53. The van der Waals surface area contributed by atoms with Crippen LogP contribution in [0.15, 0.2) is 22.7 Å². The van der Waals surface area contributed by atoms with Gasteiger partial charge in [-0.05, 0) is 31.2 Å². The fourth-order valence-electron chi connectivity index (χ4n) is 1.91. The van der Waals surface area contributed by atoms with Crippen molar-refractivity contribution in [2.24, 2.45) is 5.73 Å². The van der Waals surface area contributed by atoms with Gasteiger partial charge in [-0.2, -0.15) is 4.98 Å². The minimum absolute atomic E-state index is 0.559. The molecule has 0 radical (unpaired) electrons. The van der Waals surface area contributed by atoms with Crippen molar-refractivity contribution < 1.29 is 14.0 Å². The van der Waals surface area contributed by atoms with Crippen LogP contribution in [0.25, 0.3) is 11.4 Å². The second-order valence-electron chi connectivity index (χ2n) is 4.26. The molecule has 1 aromatic heterocycles. The molecule has 2 heterocycles. The summed E-state index contributed by atoms with van der Waals surface area (Å²) >= 11 is 0. The Bertz CT molecular complexity index is 568. The number of fused-ring (bicyclic) bond motifs is 1. The Balaban J connectivity index is 1.83. The molecular weight excluding hydrogens is 246 g/mol. The van der Waals surface area contributed by atoms with Crippen molar-refractivity contribution >= 4 is 0 Å². The summed E-state index contributed by atoms with van der Waals surface area (Å²) in [6.07, 6.45) is 1.54. The lowest BCUT2D eigenvalue weighted by Crippen LogP contribution is -2.15. The molecule has 100 valence electrons. The highest BCUT2D eigenvalue weighted by molar-refractivity contribution is 5.60. The van der Waals surface area contributed by atoms with Crippen LogP contribution in [-0.4, -0.2) is 29.9 Å². The third-order valence-electron chi connectivity index (χ3n) is 2.86. The second kappa shape index (κ2) is 5.27. The molecule has 2 aromatic rings. The highest BCUT2D eigenvalue weighted by Crippen LogP contribution is 2.33. The van der Waals surface area contributed by atoms with Gasteiger partial charge in [-0.1, -0.05) is 5.16 Å². The van der Waals surface area contributed by atoms with Gasteiger partial charge in [-0.15, -0.1) is 0 Å². The van der Waals surface area contributed by atoms with Gasteiger partial charge in [0.2, 0.25) is 11.7 Å². The topological polar surface area (TPSA) is 83.4 Å². The average molecular weight is 261 g/mol. The lowest BCUT2D eigenvalue weighted by molar-refractivity contribution is 0.171. The minimum Gasteiger partial charge on any atom is -0.486 e. The second-order valence-corrected chi connectivity index (χ2v) is 4.26. The molecule has 0 amide bonds. The predicted molar refractivity (Wildman–Crippen MR) is 68.1 cm³/mol. The smallest absolute Gasteiger partial charge is 0.227 e. The molecule has 0 unspecified atom stereocenters. The molecule has 0 saturated carbocycles. The number of benzene rings is 1. The van der Waals surface area contributed by atoms with E-state index < -0.39 is 0 Å². The van der Waals surface area contributed by atoms with E-state index >= 15 is 0 Å². The van der Waals surface area contributed by atoms with Crippen LogP contribution in [0.2, 0.25) is 0 Å². The highest BCUT2D eigenvalue weighted by Gasteiger charge is 2.15. The first kappa shape index (κ1) is 12.0. The van der Waals surface area contributed by atoms with Crippen molar-refractivity contribution in [3.63, 3.8) is 0 Å². The Morgan fingerprint density at radius 3 is 2.84 bits per heavy atom. The van der Waals surface area contributed by atoms with Crippen molar-refractivity contribution in [2.45, 2.75) is 12.8 Å². The monoisotopic (exact) mass is 261 g/mol. The number of nitrogens with two attached hydrogens (primary N) is 1. The van der Waals surface area contributed by atoms with E-state index in [1.165, 1.54) is 0 Å². The van der Waals surface area contributed by atoms with E-state index in [2.05, 4.69) is 10.1 Å². The summed E-state index contributed by atoms with van der Waals surface area (Å²) in [6, 6.07) is 5.62. The van der Waals surface area contributed by atoms with Crippen LogP contribution in [-0.2, 0) is 6.42 Å². The number of hydrogen-bond acceptors (Lipinski definition) is 6. The van der Waals surface area contributed by atoms with E-state index in [4.69, 9.17) is 19.7 Å². The normalized spacial score (nSPS) is 13.5. The fourth-order valence-corrected chi connectivity index (χ4v) is 1.91. The summed E-state index contributed by atoms with van der Waals surface area (Å²) in [5.41, 5.74) is 6.30. The van der Waals surface area contributed by atoms with E-state index in [1.807, 2.05) is 18.2 Å². The molecule has 2 N–H and O–H groups in total. The number of nitrogens with zero attached hydrogens (tertiary/aromatic N) is 2. The van der Waals surface area contributed by atoms with Gasteiger partial charge >= 0.3 is 0 Å². The van der Waals surface area contributed by atoms with Gasteiger partial charge in [0.15, 0.2) is 11.5 Å². The van der Waals surface area contributed by atoms with Crippen molar-refractivity contribution in [2.75, 3.05) is 19.8 Å². The van der Waals surface area contributed by atoms with Gasteiger partial charge in [-0.25, -0.2) is 0 Å². The number of ether oxygens (including phenoxy) is 2. The Morgan fingerprint density at radius 2 is 2.00 bits per heavy atom. The van der Waals surface area contributed by atoms with Crippen LogP contribution in [0, 0.1) is 0 Å². The molecule has 0 spiro atoms. The van der Waals surface area contributed by atoms with Crippen LogP contribution < -0.4 is 15.2 Å². The summed E-state index contributed by atoms with van der Waals surface area (Å²) in [5, 5.41) is 3.96. The van der Waals surface area contributed by atoms with Crippen LogP contribution in [0.5, 0.6) is 11.5 Å². The van der Waals surface area contributed by atoms with E-state index in [0.717, 1.165) is 23.5 Å². The largest absolute Gasteiger partial charge is 0.486 e. The molecular formula is C13H15N3O3. The molecule has 1 aromatic carbocycles. The highest BCUT2D eigenvalue weighted by atomic mass is 16.6. The first-order valence-corrected chi connectivity index (χ1v) is 6.29. The number of aryl methyl sites for hydroxylation is 1. The molecule has 0 fully saturated rings. The van der Waals surface area contributed by atoms with Gasteiger partial charge in [-0.3, -0.25) is 0 Å². The lowest BCUT2D eigenvalue weighted by atomic mass is 10.2. The standard InChI is InChI=1S/C13H15N3O3/c14-5-1-2-12-15-13(16-19-12)9-3-4-10-11(8-9)18-7-6-17-10/h3-4,8H,1-2,5-7,14H2. The Labute approximate surface area is 110 Å². The average Bonchev–Trinajstić information content (AvgIpc) is 2.93. The van der Waals surface area contributed by atoms with Gasteiger partial charge in [0.1, 0.15) is 13.2 Å². The maximum absolute atomic E-state index is 5.53. The van der Waals surface area contributed by atoms with Crippen LogP contribution in [0.3, 0.4) is 0 Å². The predicted octanol–water partition coefficient (Wildman–Crippen LogP) is 1.40. The van der Waals surface area contributed by atoms with Crippen molar-refractivity contribution in [1.29, 1.82) is 0 Å². The van der Waals surface area contributed by atoms with Crippen LogP contribution >= 0.6 is 0 Å². The van der Waals surface area contributed by atoms with Gasteiger partial charge in [0, 0.05) is 12.0 Å². The summed E-state index contributed by atoms with van der Waals surface area (Å²) in [7, 11) is 0. The minimum atomic E-state index is 0.559. The van der Waals surface area contributed by atoms with E-state index in [0.29, 0.717) is 37.9 Å². The zero-order chi connectivity index (χ0) is 13.1. The van der Waals surface area contributed by atoms with Gasteiger partial charge in [0.25, 0.3) is 0 Å². The van der Waals surface area contributed by atoms with Crippen molar-refractivity contribution in [3.8, 4) is 22.9 Å². The zero-order valence-corrected chi connectivity index (χ0v) is 10.5. The maximum Gasteiger partial charge on any atom is 0.227 e. The van der Waals surface area contributed by atoms with E-state index in [9.17, 15) is 0 Å². The van der Waals surface area contributed by atoms with Gasteiger partial charge in [0.05, 0.1) is 0 Å². The fraction of sp³-hybridized carbons (Fsp3) is 0.385. The van der Waals surface area contributed by atoms with Crippen LogP contribution in [0.4, 0.5) is 0 Å². The van der Waals surface area contributed by atoms with Crippen LogP contribution in [0.1, 0.15) is 12.3 Å². The lowest BCUT2D eigenvalue weighted by Gasteiger charge is -2.18. The Morgan fingerprint density at radius 1 is 1.16 bits per heavy atom. The summed E-state index contributed by atoms with van der Waals surface area (Å²) in [5.74, 6) is 2.64. The van der Waals surface area contributed by atoms with Gasteiger partial charge < -0.3 is 19.7 Å². The zero-order valence-electron chi connectivity index (χ0n) is 10.5. The number of aromatic nitrogens is 2. The number of rotatable bonds is 4. The molecule has 1 aliphatic heterocycles. The molecule has 0 bridgehead atoms. The SMILES string of the molecule is NCCCc1nc(-c2ccc3c(c2)OCCO3)no1. The number of hydrogen-bond donors (Lipinski definition) is 1.